The Morgan fingerprint density at radius 3 is 2.52 bits per heavy atom. The molecule has 2 aromatic carbocycles. The van der Waals surface area contributed by atoms with Gasteiger partial charge in [0.2, 0.25) is 6.79 Å². The van der Waals surface area contributed by atoms with Crippen LogP contribution in [0.4, 0.5) is 4.39 Å². The van der Waals surface area contributed by atoms with Crippen LogP contribution in [-0.4, -0.2) is 55.9 Å². The van der Waals surface area contributed by atoms with E-state index < -0.39 is 0 Å². The minimum atomic E-state index is -0.182. The van der Waals surface area contributed by atoms with Gasteiger partial charge in [0.15, 0.2) is 11.5 Å². The molecule has 144 valence electrons. The zero-order chi connectivity index (χ0) is 18.6. The molecular weight excluding hydrogens is 347 g/mol. The number of piperazine rings is 1. The van der Waals surface area contributed by atoms with Gasteiger partial charge in [-0.2, -0.15) is 0 Å². The Balaban J connectivity index is 1.21. The van der Waals surface area contributed by atoms with E-state index in [9.17, 15) is 4.39 Å². The van der Waals surface area contributed by atoms with E-state index in [1.54, 1.807) is 0 Å². The van der Waals surface area contributed by atoms with Crippen molar-refractivity contribution < 1.29 is 18.6 Å². The molecule has 0 spiro atoms. The third-order valence-corrected chi connectivity index (χ3v) is 5.33. The van der Waals surface area contributed by atoms with Crippen molar-refractivity contribution in [2.75, 3.05) is 46.1 Å². The van der Waals surface area contributed by atoms with Crippen LogP contribution in [0.15, 0.2) is 42.5 Å². The quantitative estimate of drug-likeness (QED) is 0.777. The molecule has 1 atom stereocenters. The monoisotopic (exact) mass is 372 g/mol. The van der Waals surface area contributed by atoms with Crippen molar-refractivity contribution in [3.05, 3.63) is 53.8 Å². The number of ether oxygens (including phenoxy) is 3. The van der Waals surface area contributed by atoms with Crippen LogP contribution in [-0.2, 0) is 0 Å². The molecule has 0 radical (unpaired) electrons. The van der Waals surface area contributed by atoms with Gasteiger partial charge in [-0.05, 0) is 36.8 Å². The highest BCUT2D eigenvalue weighted by atomic mass is 19.1. The van der Waals surface area contributed by atoms with Crippen molar-refractivity contribution in [3.8, 4) is 17.2 Å². The van der Waals surface area contributed by atoms with E-state index in [2.05, 4.69) is 16.7 Å². The normalized spacial score (nSPS) is 18.4. The second-order valence-electron chi connectivity index (χ2n) is 6.97. The Labute approximate surface area is 159 Å². The molecule has 4 rings (SSSR count). The summed E-state index contributed by atoms with van der Waals surface area (Å²) in [5, 5.41) is 0. The Hall–Kier alpha value is -2.31. The Morgan fingerprint density at radius 2 is 1.74 bits per heavy atom. The lowest BCUT2D eigenvalue weighted by molar-refractivity contribution is 0.0917. The minimum Gasteiger partial charge on any atom is -0.492 e. The molecule has 2 aliphatic heterocycles. The van der Waals surface area contributed by atoms with Crippen LogP contribution in [0.2, 0.25) is 0 Å². The number of nitrogens with zero attached hydrogens (tertiary/aromatic N) is 2. The predicted molar refractivity (Wildman–Crippen MR) is 101 cm³/mol. The molecule has 0 aliphatic carbocycles. The molecule has 1 saturated heterocycles. The topological polar surface area (TPSA) is 34.2 Å². The van der Waals surface area contributed by atoms with Crippen molar-refractivity contribution >= 4 is 0 Å². The summed E-state index contributed by atoms with van der Waals surface area (Å²) in [7, 11) is 0. The highest BCUT2D eigenvalue weighted by Gasteiger charge is 2.22. The summed E-state index contributed by atoms with van der Waals surface area (Å²) >= 11 is 0. The summed E-state index contributed by atoms with van der Waals surface area (Å²) in [4.78, 5) is 4.86. The lowest BCUT2D eigenvalue weighted by Gasteiger charge is -2.38. The van der Waals surface area contributed by atoms with Gasteiger partial charge >= 0.3 is 0 Å². The minimum absolute atomic E-state index is 0.182. The first-order chi connectivity index (χ1) is 13.2. The summed E-state index contributed by atoms with van der Waals surface area (Å²) in [6.45, 7) is 8.03. The van der Waals surface area contributed by atoms with E-state index in [4.69, 9.17) is 14.2 Å². The number of benzene rings is 2. The van der Waals surface area contributed by atoms with Gasteiger partial charge in [0.05, 0.1) is 0 Å². The van der Waals surface area contributed by atoms with Crippen molar-refractivity contribution in [1.29, 1.82) is 0 Å². The molecule has 0 bridgehead atoms. The van der Waals surface area contributed by atoms with Crippen molar-refractivity contribution in [2.45, 2.75) is 13.0 Å². The second-order valence-corrected chi connectivity index (χ2v) is 6.97. The smallest absolute Gasteiger partial charge is 0.231 e. The summed E-state index contributed by atoms with van der Waals surface area (Å²) < 4.78 is 29.7. The van der Waals surface area contributed by atoms with Gasteiger partial charge in [0.25, 0.3) is 0 Å². The molecular formula is C21H25FN2O3. The van der Waals surface area contributed by atoms with Crippen molar-refractivity contribution in [1.82, 2.24) is 9.80 Å². The zero-order valence-corrected chi connectivity index (χ0v) is 15.6. The molecule has 1 unspecified atom stereocenters. The highest BCUT2D eigenvalue weighted by molar-refractivity contribution is 5.46. The first kappa shape index (κ1) is 18.1. The number of fused-ring (bicyclic) bond motifs is 1. The van der Waals surface area contributed by atoms with Gasteiger partial charge in [0, 0.05) is 44.8 Å². The SMILES string of the molecule is CC(c1ccc(F)cc1)N1CCN(CCOc2ccc3c(c2)OCO3)CC1. The maximum absolute atomic E-state index is 13.1. The molecule has 0 aromatic heterocycles. The largest absolute Gasteiger partial charge is 0.492 e. The van der Waals surface area contributed by atoms with Gasteiger partial charge in [-0.1, -0.05) is 12.1 Å². The predicted octanol–water partition coefficient (Wildman–Crippen LogP) is 3.31. The van der Waals surface area contributed by atoms with Crippen molar-refractivity contribution in [2.24, 2.45) is 0 Å². The maximum atomic E-state index is 13.1. The summed E-state index contributed by atoms with van der Waals surface area (Å²) in [6.07, 6.45) is 0. The van der Waals surface area contributed by atoms with Crippen LogP contribution >= 0.6 is 0 Å². The first-order valence-corrected chi connectivity index (χ1v) is 9.43. The van der Waals surface area contributed by atoms with E-state index in [1.165, 1.54) is 12.1 Å². The summed E-state index contributed by atoms with van der Waals surface area (Å²) in [5.41, 5.74) is 1.16. The molecule has 2 heterocycles. The average molecular weight is 372 g/mol. The molecule has 27 heavy (non-hydrogen) atoms. The van der Waals surface area contributed by atoms with E-state index in [1.807, 2.05) is 30.3 Å². The Bertz CT molecular complexity index is 761. The fraction of sp³-hybridized carbons (Fsp3) is 0.429. The van der Waals surface area contributed by atoms with Gasteiger partial charge in [-0.25, -0.2) is 4.39 Å². The summed E-state index contributed by atoms with van der Waals surface area (Å²) in [5.74, 6) is 2.14. The highest BCUT2D eigenvalue weighted by Crippen LogP contribution is 2.35. The second kappa shape index (κ2) is 8.15. The standard InChI is InChI=1S/C21H25FN2O3/c1-16(17-2-4-18(22)5-3-17)24-10-8-23(9-11-24)12-13-25-19-6-7-20-21(14-19)27-15-26-20/h2-7,14,16H,8-13,15H2,1H3. The van der Waals surface area contributed by atoms with Crippen LogP contribution in [0.5, 0.6) is 17.2 Å². The lowest BCUT2D eigenvalue weighted by atomic mass is 10.1. The van der Waals surface area contributed by atoms with Gasteiger partial charge < -0.3 is 14.2 Å². The summed E-state index contributed by atoms with van der Waals surface area (Å²) in [6, 6.07) is 12.8. The van der Waals surface area contributed by atoms with Crippen molar-refractivity contribution in [3.63, 3.8) is 0 Å². The Kier molecular flexibility index (Phi) is 5.45. The van der Waals surface area contributed by atoms with Crippen LogP contribution in [0.25, 0.3) is 0 Å². The fourth-order valence-electron chi connectivity index (χ4n) is 3.59. The van der Waals surface area contributed by atoms with Crippen LogP contribution in [0, 0.1) is 5.82 Å². The Morgan fingerprint density at radius 1 is 1.00 bits per heavy atom. The van der Waals surface area contributed by atoms with Gasteiger partial charge in [-0.3, -0.25) is 9.80 Å². The van der Waals surface area contributed by atoms with E-state index in [0.717, 1.165) is 55.5 Å². The van der Waals surface area contributed by atoms with Crippen LogP contribution in [0.1, 0.15) is 18.5 Å². The number of hydrogen-bond donors (Lipinski definition) is 0. The van der Waals surface area contributed by atoms with E-state index in [0.29, 0.717) is 12.6 Å². The van der Waals surface area contributed by atoms with Gasteiger partial charge in [0.1, 0.15) is 18.2 Å². The maximum Gasteiger partial charge on any atom is 0.231 e. The average Bonchev–Trinajstić information content (AvgIpc) is 3.16. The number of halogens is 1. The molecule has 6 heteroatoms. The molecule has 2 aromatic rings. The number of rotatable bonds is 6. The van der Waals surface area contributed by atoms with Crippen LogP contribution < -0.4 is 14.2 Å². The first-order valence-electron chi connectivity index (χ1n) is 9.43. The number of hydrogen-bond acceptors (Lipinski definition) is 5. The molecule has 0 amide bonds. The molecule has 5 nitrogen and oxygen atoms in total. The molecule has 2 aliphatic rings. The van der Waals surface area contributed by atoms with Gasteiger partial charge in [-0.15, -0.1) is 0 Å². The molecule has 0 saturated carbocycles. The third-order valence-electron chi connectivity index (χ3n) is 5.33. The van der Waals surface area contributed by atoms with E-state index >= 15 is 0 Å². The third kappa shape index (κ3) is 4.34. The lowest BCUT2D eigenvalue weighted by Crippen LogP contribution is -2.48. The van der Waals surface area contributed by atoms with Crippen LogP contribution in [0.3, 0.4) is 0 Å². The molecule has 1 fully saturated rings. The molecule has 0 N–H and O–H groups in total. The zero-order valence-electron chi connectivity index (χ0n) is 15.6. The fourth-order valence-corrected chi connectivity index (χ4v) is 3.59. The van der Waals surface area contributed by atoms with E-state index in [-0.39, 0.29) is 12.6 Å².